The summed E-state index contributed by atoms with van der Waals surface area (Å²) < 4.78 is 16.1. The molecule has 1 aliphatic heterocycles. The van der Waals surface area contributed by atoms with Gasteiger partial charge in [0.25, 0.3) is 5.91 Å². The van der Waals surface area contributed by atoms with Gasteiger partial charge in [-0.25, -0.2) is 15.0 Å². The van der Waals surface area contributed by atoms with Crippen LogP contribution in [0.2, 0.25) is 0 Å². The lowest BCUT2D eigenvalue weighted by Crippen LogP contribution is -2.45. The number of amides is 3. The summed E-state index contributed by atoms with van der Waals surface area (Å²) in [5.41, 5.74) is 4.66. The summed E-state index contributed by atoms with van der Waals surface area (Å²) in [7, 11) is 1.45. The van der Waals surface area contributed by atoms with E-state index in [0.717, 1.165) is 5.56 Å². The van der Waals surface area contributed by atoms with Gasteiger partial charge in [0.05, 0.1) is 25.3 Å². The molecule has 1 heterocycles. The van der Waals surface area contributed by atoms with Crippen molar-refractivity contribution < 1.29 is 28.6 Å². The van der Waals surface area contributed by atoms with Crippen molar-refractivity contribution in [1.82, 2.24) is 16.1 Å². The van der Waals surface area contributed by atoms with E-state index in [-0.39, 0.29) is 18.8 Å². The summed E-state index contributed by atoms with van der Waals surface area (Å²) in [6.07, 6.45) is 5.02. The van der Waals surface area contributed by atoms with Crippen LogP contribution in [0.15, 0.2) is 71.0 Å². The van der Waals surface area contributed by atoms with E-state index in [1.807, 2.05) is 36.4 Å². The topological polar surface area (TPSA) is 127 Å². The first-order valence-corrected chi connectivity index (χ1v) is 11.2. The molecule has 0 spiro atoms. The number of hydrogen-bond donors (Lipinski definition) is 3. The van der Waals surface area contributed by atoms with Gasteiger partial charge in [0.2, 0.25) is 0 Å². The third-order valence-corrected chi connectivity index (χ3v) is 5.08. The van der Waals surface area contributed by atoms with Crippen molar-refractivity contribution in [2.45, 2.75) is 19.9 Å². The molecular formula is C26H28N4O6. The minimum atomic E-state index is -0.748. The normalized spacial score (nSPS) is 15.4. The van der Waals surface area contributed by atoms with E-state index in [1.54, 1.807) is 38.1 Å². The molecule has 1 atom stereocenters. The Labute approximate surface area is 209 Å². The molecule has 3 amide bonds. The number of ether oxygens (including phenoxy) is 3. The monoisotopic (exact) mass is 492 g/mol. The summed E-state index contributed by atoms with van der Waals surface area (Å²) in [6.45, 7) is 3.23. The second-order valence-electron chi connectivity index (χ2n) is 7.57. The van der Waals surface area contributed by atoms with E-state index in [2.05, 4.69) is 21.2 Å². The van der Waals surface area contributed by atoms with Gasteiger partial charge in [0.1, 0.15) is 0 Å². The second kappa shape index (κ2) is 12.7. The molecule has 0 aliphatic carbocycles. The minimum absolute atomic E-state index is 0.196. The van der Waals surface area contributed by atoms with Gasteiger partial charge in [-0.05, 0) is 43.2 Å². The summed E-state index contributed by atoms with van der Waals surface area (Å²) in [6, 6.07) is 13.4. The highest BCUT2D eigenvalue weighted by molar-refractivity contribution is 5.95. The van der Waals surface area contributed by atoms with Crippen LogP contribution in [0.3, 0.4) is 0 Å². The molecule has 0 saturated heterocycles. The Hall–Kier alpha value is -4.60. The van der Waals surface area contributed by atoms with Crippen LogP contribution in [0.25, 0.3) is 6.08 Å². The van der Waals surface area contributed by atoms with Crippen LogP contribution < -0.4 is 25.5 Å². The van der Waals surface area contributed by atoms with Crippen LogP contribution in [-0.2, 0) is 14.3 Å². The molecule has 0 unspecified atom stereocenters. The van der Waals surface area contributed by atoms with E-state index in [0.29, 0.717) is 22.8 Å². The summed E-state index contributed by atoms with van der Waals surface area (Å²) in [5.74, 6) is -0.367. The van der Waals surface area contributed by atoms with Crippen LogP contribution in [-0.4, -0.2) is 44.4 Å². The number of rotatable bonds is 10. The van der Waals surface area contributed by atoms with Crippen LogP contribution in [0.4, 0.5) is 4.79 Å². The molecule has 0 saturated carbocycles. The Morgan fingerprint density at radius 3 is 2.64 bits per heavy atom. The molecular weight excluding hydrogens is 464 g/mol. The average Bonchev–Trinajstić information content (AvgIpc) is 2.87. The number of benzene rings is 2. The number of nitrogens with zero attached hydrogens (tertiary/aromatic N) is 1. The van der Waals surface area contributed by atoms with Crippen molar-refractivity contribution in [2.24, 2.45) is 5.10 Å². The Morgan fingerprint density at radius 2 is 1.92 bits per heavy atom. The van der Waals surface area contributed by atoms with Crippen LogP contribution >= 0.6 is 0 Å². The number of hydrogen-bond acceptors (Lipinski definition) is 7. The first-order valence-electron chi connectivity index (χ1n) is 11.2. The molecule has 0 aromatic heterocycles. The lowest BCUT2D eigenvalue weighted by Gasteiger charge is -2.28. The molecule has 0 bridgehead atoms. The van der Waals surface area contributed by atoms with Crippen LogP contribution in [0.1, 0.15) is 31.0 Å². The van der Waals surface area contributed by atoms with E-state index >= 15 is 0 Å². The van der Waals surface area contributed by atoms with Gasteiger partial charge >= 0.3 is 12.0 Å². The molecule has 36 heavy (non-hydrogen) atoms. The quantitative estimate of drug-likeness (QED) is 0.266. The number of allylic oxidation sites excluding steroid dienone is 2. The summed E-state index contributed by atoms with van der Waals surface area (Å²) >= 11 is 0. The standard InChI is InChI=1S/C26H28N4O6/c1-4-35-25(32)23-17(2)28-26(33)29-24(23)19-12-13-20(21(15-19)34-3)36-16-22(31)30-27-14-8-11-18-9-6-5-7-10-18/h5-15,24H,4,16H2,1-3H3,(H,30,31)(H2,28,29,33)/b11-8+,27-14-/t24-/m0/s1. The maximum Gasteiger partial charge on any atom is 0.338 e. The van der Waals surface area contributed by atoms with E-state index < -0.39 is 23.9 Å². The van der Waals surface area contributed by atoms with E-state index in [9.17, 15) is 14.4 Å². The number of urea groups is 1. The molecule has 10 nitrogen and oxygen atoms in total. The van der Waals surface area contributed by atoms with E-state index in [4.69, 9.17) is 14.2 Å². The summed E-state index contributed by atoms with van der Waals surface area (Å²) in [5, 5.41) is 9.17. The smallest absolute Gasteiger partial charge is 0.338 e. The third-order valence-electron chi connectivity index (χ3n) is 5.08. The zero-order valence-corrected chi connectivity index (χ0v) is 20.2. The maximum atomic E-state index is 12.5. The van der Waals surface area contributed by atoms with Gasteiger partial charge in [-0.15, -0.1) is 0 Å². The molecule has 188 valence electrons. The first kappa shape index (κ1) is 26.0. The third kappa shape index (κ3) is 6.95. The second-order valence-corrected chi connectivity index (χ2v) is 7.57. The highest BCUT2D eigenvalue weighted by atomic mass is 16.5. The van der Waals surface area contributed by atoms with Crippen molar-refractivity contribution in [2.75, 3.05) is 20.3 Å². The Morgan fingerprint density at radius 1 is 1.14 bits per heavy atom. The number of carbonyl (C=O) groups is 3. The predicted molar refractivity (Wildman–Crippen MR) is 134 cm³/mol. The fourth-order valence-electron chi connectivity index (χ4n) is 3.45. The Bertz CT molecular complexity index is 1190. The van der Waals surface area contributed by atoms with Gasteiger partial charge in [0.15, 0.2) is 18.1 Å². The van der Waals surface area contributed by atoms with Gasteiger partial charge in [-0.1, -0.05) is 42.5 Å². The van der Waals surface area contributed by atoms with Crippen LogP contribution in [0.5, 0.6) is 11.5 Å². The first-order chi connectivity index (χ1) is 17.4. The molecule has 3 N–H and O–H groups in total. The highest BCUT2D eigenvalue weighted by Gasteiger charge is 2.32. The Balaban J connectivity index is 1.64. The lowest BCUT2D eigenvalue weighted by molar-refractivity contribution is -0.139. The van der Waals surface area contributed by atoms with Crippen LogP contribution in [0, 0.1) is 0 Å². The number of methoxy groups -OCH3 is 1. The van der Waals surface area contributed by atoms with Crippen molar-refractivity contribution in [3.05, 3.63) is 77.0 Å². The van der Waals surface area contributed by atoms with Crippen molar-refractivity contribution >= 4 is 30.2 Å². The van der Waals surface area contributed by atoms with Crippen molar-refractivity contribution in [3.8, 4) is 11.5 Å². The molecule has 0 fully saturated rings. The zero-order chi connectivity index (χ0) is 25.9. The van der Waals surface area contributed by atoms with E-state index in [1.165, 1.54) is 13.3 Å². The predicted octanol–water partition coefficient (Wildman–Crippen LogP) is 3.08. The zero-order valence-electron chi connectivity index (χ0n) is 20.2. The lowest BCUT2D eigenvalue weighted by atomic mass is 9.95. The van der Waals surface area contributed by atoms with Crippen molar-refractivity contribution in [3.63, 3.8) is 0 Å². The average molecular weight is 493 g/mol. The SMILES string of the molecule is CCOC(=O)C1=C(C)NC(=O)N[C@H]1c1ccc(OCC(=O)N/N=C\C=C\c2ccccc2)c(OC)c1. The Kier molecular flexibility index (Phi) is 9.21. The summed E-state index contributed by atoms with van der Waals surface area (Å²) in [4.78, 5) is 36.7. The molecule has 10 heteroatoms. The van der Waals surface area contributed by atoms with Crippen molar-refractivity contribution in [1.29, 1.82) is 0 Å². The highest BCUT2D eigenvalue weighted by Crippen LogP contribution is 2.34. The molecule has 2 aromatic rings. The minimum Gasteiger partial charge on any atom is -0.493 e. The number of carbonyl (C=O) groups excluding carboxylic acids is 3. The maximum absolute atomic E-state index is 12.5. The van der Waals surface area contributed by atoms with Gasteiger partial charge in [-0.3, -0.25) is 4.79 Å². The molecule has 3 rings (SSSR count). The largest absolute Gasteiger partial charge is 0.493 e. The molecule has 0 radical (unpaired) electrons. The number of nitrogens with one attached hydrogen (secondary N) is 3. The molecule has 2 aromatic carbocycles. The number of hydrazone groups is 1. The molecule has 1 aliphatic rings. The fourth-order valence-corrected chi connectivity index (χ4v) is 3.45. The van der Waals surface area contributed by atoms with Gasteiger partial charge < -0.3 is 24.8 Å². The van der Waals surface area contributed by atoms with Gasteiger partial charge in [0, 0.05) is 11.9 Å². The fraction of sp³-hybridized carbons (Fsp3) is 0.231. The number of esters is 1. The van der Waals surface area contributed by atoms with Gasteiger partial charge in [-0.2, -0.15) is 5.10 Å².